The maximum absolute atomic E-state index is 6.36. The van der Waals surface area contributed by atoms with Crippen molar-refractivity contribution in [2.45, 2.75) is 0 Å². The number of nitrogens with zero attached hydrogens (tertiary/aromatic N) is 5. The van der Waals surface area contributed by atoms with Crippen molar-refractivity contribution in [3.8, 4) is 89.3 Å². The Morgan fingerprint density at radius 1 is 0.139 bits per heavy atom. The van der Waals surface area contributed by atoms with Crippen molar-refractivity contribution in [2.75, 3.05) is 14.7 Å². The lowest BCUT2D eigenvalue weighted by molar-refractivity contribution is 0.670. The van der Waals surface area contributed by atoms with Crippen molar-refractivity contribution in [1.29, 1.82) is 0 Å². The van der Waals surface area contributed by atoms with Crippen molar-refractivity contribution < 1.29 is 4.42 Å². The van der Waals surface area contributed by atoms with E-state index < -0.39 is 0 Å². The fraction of sp³-hybridized carbons (Fsp3) is 0. The van der Waals surface area contributed by atoms with Crippen LogP contribution in [0.25, 0.3) is 187 Å². The second-order valence-corrected chi connectivity index (χ2v) is 36.7. The van der Waals surface area contributed by atoms with Crippen LogP contribution in [0.2, 0.25) is 0 Å². The van der Waals surface area contributed by atoms with Gasteiger partial charge in [0, 0.05) is 100 Å². The van der Waals surface area contributed by atoms with Gasteiger partial charge in [-0.3, -0.25) is 0 Å². The van der Waals surface area contributed by atoms with E-state index in [1.54, 1.807) is 0 Å². The molecule has 6 nitrogen and oxygen atoms in total. The van der Waals surface area contributed by atoms with Gasteiger partial charge in [-0.05, 0) is 287 Å². The summed E-state index contributed by atoms with van der Waals surface area (Å²) in [5.74, 6) is 0. The van der Waals surface area contributed by atoms with Gasteiger partial charge in [-0.15, -0.1) is 0 Å². The molecule has 27 aromatic rings. The molecule has 0 aliphatic rings. The molecule has 0 amide bonds. The molecule has 3 heterocycles. The van der Waals surface area contributed by atoms with E-state index in [-0.39, 0.29) is 0 Å². The van der Waals surface area contributed by atoms with Gasteiger partial charge in [-0.25, -0.2) is 0 Å². The summed E-state index contributed by atoms with van der Waals surface area (Å²) in [5.41, 5.74) is 35.6. The third-order valence-corrected chi connectivity index (χ3v) is 28.0. The van der Waals surface area contributed by atoms with Crippen LogP contribution >= 0.6 is 0 Å². The summed E-state index contributed by atoms with van der Waals surface area (Å²) < 4.78 is 11.1. The maximum atomic E-state index is 6.36. The van der Waals surface area contributed by atoms with Crippen LogP contribution in [0.5, 0.6) is 0 Å². The molecule has 0 atom stereocenters. The molecule has 0 N–H and O–H groups in total. The highest BCUT2D eigenvalue weighted by Crippen LogP contribution is 2.46. The van der Waals surface area contributed by atoms with Gasteiger partial charge in [-0.1, -0.05) is 394 Å². The molecule has 6 heteroatoms. The molecule has 0 unspecified atom stereocenters. The largest absolute Gasteiger partial charge is 0.455 e. The smallest absolute Gasteiger partial charge is 0.143 e. The molecule has 0 spiro atoms. The minimum atomic E-state index is 0.911. The van der Waals surface area contributed by atoms with Crippen LogP contribution in [0, 0.1) is 0 Å². The number of aromatic nitrogens is 2. The highest BCUT2D eigenvalue weighted by Gasteiger charge is 2.23. The molecule has 0 radical (unpaired) electrons. The highest BCUT2D eigenvalue weighted by atomic mass is 16.3. The van der Waals surface area contributed by atoms with Gasteiger partial charge in [0.05, 0.1) is 22.1 Å². The molecule has 0 aliphatic heterocycles. The van der Waals surface area contributed by atoms with Crippen molar-refractivity contribution in [3.05, 3.63) is 576 Å². The Labute approximate surface area is 836 Å². The molecule has 0 fully saturated rings. The summed E-state index contributed by atoms with van der Waals surface area (Å²) in [5, 5.41) is 14.9. The van der Waals surface area contributed by atoms with Crippen molar-refractivity contribution in [2.24, 2.45) is 0 Å². The SMILES string of the molecule is c1ccc(-c2ccc(N(c3ccc(-c4ccc5ccccc5c4)cc3)c3ccc(-c4cccc5c4oc4ccccc45)cc3)cc2)cc1.c1ccc(-c2ccc(N(c3ccc(-c4ccc5ccccc5c4)cc3)c3ccc(-n4c5ccccc5c5ccccc54)cc3)cc2)cc1.c1ccc(N(c2ccc(-c3cccc(-n4c5ccccc5c5ccccc54)c3)cc2)c2ccc(-c3ccc4ccccc4c3)cc2)cc1. The molecule has 144 heavy (non-hydrogen) atoms. The second kappa shape index (κ2) is 38.3. The summed E-state index contributed by atoms with van der Waals surface area (Å²) in [6.07, 6.45) is 0. The molecule has 24 aromatic carbocycles. The summed E-state index contributed by atoms with van der Waals surface area (Å²) in [4.78, 5) is 6.99. The number of furan rings is 1. The number of fused-ring (bicyclic) bond motifs is 12. The van der Waals surface area contributed by atoms with E-state index in [9.17, 15) is 0 Å². The lowest BCUT2D eigenvalue weighted by Gasteiger charge is -2.26. The lowest BCUT2D eigenvalue weighted by Crippen LogP contribution is -2.10. The quantitative estimate of drug-likeness (QED) is 0.0857. The van der Waals surface area contributed by atoms with E-state index in [2.05, 4.69) is 588 Å². The van der Waals surface area contributed by atoms with E-state index in [1.165, 1.54) is 143 Å². The number of rotatable bonds is 18. The Bertz CT molecular complexity index is 9210. The van der Waals surface area contributed by atoms with Crippen molar-refractivity contribution >= 4 is 149 Å². The zero-order valence-corrected chi connectivity index (χ0v) is 79.0. The van der Waals surface area contributed by atoms with Crippen LogP contribution < -0.4 is 14.7 Å². The Hall–Kier alpha value is -19.1. The molecule has 3 aromatic heterocycles. The number of benzene rings is 24. The van der Waals surface area contributed by atoms with Gasteiger partial charge in [0.2, 0.25) is 0 Å². The van der Waals surface area contributed by atoms with E-state index in [0.29, 0.717) is 0 Å². The normalized spacial score (nSPS) is 11.3. The van der Waals surface area contributed by atoms with Gasteiger partial charge < -0.3 is 28.3 Å². The molecule has 0 aliphatic carbocycles. The van der Waals surface area contributed by atoms with Crippen molar-refractivity contribution in [3.63, 3.8) is 0 Å². The molecule has 27 rings (SSSR count). The van der Waals surface area contributed by atoms with E-state index in [1.807, 2.05) is 12.1 Å². The Balaban J connectivity index is 0.000000113. The van der Waals surface area contributed by atoms with E-state index in [4.69, 9.17) is 4.42 Å². The predicted molar refractivity (Wildman–Crippen MR) is 610 cm³/mol. The second-order valence-electron chi connectivity index (χ2n) is 36.7. The Morgan fingerprint density at radius 3 is 0.750 bits per heavy atom. The summed E-state index contributed by atoms with van der Waals surface area (Å²) in [7, 11) is 0. The molecule has 0 saturated heterocycles. The van der Waals surface area contributed by atoms with E-state index >= 15 is 0 Å². The van der Waals surface area contributed by atoms with Gasteiger partial charge in [0.25, 0.3) is 0 Å². The van der Waals surface area contributed by atoms with Crippen LogP contribution in [0.4, 0.5) is 51.2 Å². The zero-order valence-electron chi connectivity index (χ0n) is 79.0. The fourth-order valence-electron chi connectivity index (χ4n) is 20.8. The Kier molecular flexibility index (Phi) is 23.0. The van der Waals surface area contributed by atoms with Crippen LogP contribution in [0.15, 0.2) is 581 Å². The third kappa shape index (κ3) is 17.0. The topological polar surface area (TPSA) is 32.7 Å². The zero-order chi connectivity index (χ0) is 95.6. The van der Waals surface area contributed by atoms with Crippen LogP contribution in [0.3, 0.4) is 0 Å². The minimum absolute atomic E-state index is 0.911. The van der Waals surface area contributed by atoms with Crippen molar-refractivity contribution in [1.82, 2.24) is 9.13 Å². The predicted octanol–water partition coefficient (Wildman–Crippen LogP) is 38.7. The lowest BCUT2D eigenvalue weighted by atomic mass is 10.00. The monoisotopic (exact) mass is 1840 g/mol. The highest BCUT2D eigenvalue weighted by molar-refractivity contribution is 6.12. The maximum Gasteiger partial charge on any atom is 0.143 e. The first-order valence-electron chi connectivity index (χ1n) is 49.2. The van der Waals surface area contributed by atoms with E-state index in [0.717, 1.165) is 95.6 Å². The fourth-order valence-corrected chi connectivity index (χ4v) is 20.8. The summed E-state index contributed by atoms with van der Waals surface area (Å²) in [6, 6.07) is 207. The van der Waals surface area contributed by atoms with Gasteiger partial charge in [-0.2, -0.15) is 0 Å². The van der Waals surface area contributed by atoms with Gasteiger partial charge in [0.1, 0.15) is 11.2 Å². The average Bonchev–Trinajstić information content (AvgIpc) is 1.57. The average molecular weight is 1840 g/mol. The molecular formula is C138H95N5O. The van der Waals surface area contributed by atoms with Gasteiger partial charge in [0.15, 0.2) is 0 Å². The number of hydrogen-bond donors (Lipinski definition) is 0. The van der Waals surface area contributed by atoms with Crippen LogP contribution in [0.1, 0.15) is 0 Å². The number of hydrogen-bond acceptors (Lipinski definition) is 4. The Morgan fingerprint density at radius 2 is 0.382 bits per heavy atom. The summed E-state index contributed by atoms with van der Waals surface area (Å²) >= 11 is 0. The molecule has 678 valence electrons. The minimum Gasteiger partial charge on any atom is -0.455 e. The first-order valence-corrected chi connectivity index (χ1v) is 49.2. The summed E-state index contributed by atoms with van der Waals surface area (Å²) in [6.45, 7) is 0. The first-order chi connectivity index (χ1) is 71.4. The number of para-hydroxylation sites is 7. The third-order valence-electron chi connectivity index (χ3n) is 28.0. The molecule has 0 bridgehead atoms. The molecule has 0 saturated carbocycles. The standard InChI is InChI=1S/2C46H32N2.C46H31NO/c1-2-14-39(15-3-1)47(41-29-25-35(26-30-41)38-22-21-33-11-4-5-12-36(33)31-38)40-27-23-34(24-28-40)37-13-10-16-42(32-37)48-45-19-8-6-17-43(45)44-18-7-9-20-46(44)48;1-2-10-33(11-3-1)35-20-24-39(25-21-35)47(40-26-22-36(23-27-40)38-19-18-34-12-4-5-13-37(34)32-38)41-28-30-42(31-29-41)48-45-16-8-6-14-43(45)44-15-7-9-17-46(44)48;1-2-9-32(10-3-1)34-19-25-39(26-20-34)47(40-27-21-35(22-28-40)38-18-17-33-11-4-5-12-37(33)31-38)41-29-23-36(24-30-41)42-14-8-15-44-43-13-6-7-16-45(43)48-46(42)44/h2*1-32H;1-31H. The van der Waals surface area contributed by atoms with Crippen LogP contribution in [-0.4, -0.2) is 9.13 Å². The number of anilines is 9. The molecular weight excluding hydrogens is 1740 g/mol. The van der Waals surface area contributed by atoms with Gasteiger partial charge >= 0.3 is 0 Å². The first kappa shape index (κ1) is 86.4. The van der Waals surface area contributed by atoms with Crippen LogP contribution in [-0.2, 0) is 0 Å².